The lowest BCUT2D eigenvalue weighted by atomic mass is 10.2. The molecule has 0 aliphatic carbocycles. The Labute approximate surface area is 96.4 Å². The summed E-state index contributed by atoms with van der Waals surface area (Å²) in [7, 11) is 0. The van der Waals surface area contributed by atoms with Gasteiger partial charge in [0.25, 0.3) is 0 Å². The molecular weight excluding hydrogens is 202 g/mol. The van der Waals surface area contributed by atoms with E-state index in [0.717, 1.165) is 24.5 Å². The average Bonchev–Trinajstić information content (AvgIpc) is 2.26. The summed E-state index contributed by atoms with van der Waals surface area (Å²) in [6.45, 7) is 6.01. The van der Waals surface area contributed by atoms with Gasteiger partial charge in [-0.25, -0.2) is 0 Å². The molecule has 1 rings (SSSR count). The Bertz CT molecular complexity index is 335. The van der Waals surface area contributed by atoms with Gasteiger partial charge in [0.05, 0.1) is 0 Å². The lowest BCUT2D eigenvalue weighted by Crippen LogP contribution is -2.28. The van der Waals surface area contributed by atoms with Gasteiger partial charge >= 0.3 is 0 Å². The molecule has 3 N–H and O–H groups in total. The maximum absolute atomic E-state index is 10.9. The molecule has 1 amide bonds. The highest BCUT2D eigenvalue weighted by molar-refractivity contribution is 5.88. The van der Waals surface area contributed by atoms with Crippen LogP contribution in [0, 0.1) is 0 Å². The molecule has 4 heteroatoms. The van der Waals surface area contributed by atoms with Crippen LogP contribution in [-0.4, -0.2) is 25.5 Å². The first kappa shape index (κ1) is 12.5. The van der Waals surface area contributed by atoms with Gasteiger partial charge in [-0.15, -0.1) is 0 Å². The van der Waals surface area contributed by atoms with Crippen LogP contribution in [-0.2, 0) is 4.79 Å². The smallest absolute Gasteiger partial charge is 0.221 e. The molecule has 0 bridgehead atoms. The number of rotatable bonds is 5. The molecule has 0 heterocycles. The van der Waals surface area contributed by atoms with Crippen LogP contribution in [0.2, 0.25) is 0 Å². The highest BCUT2D eigenvalue weighted by Crippen LogP contribution is 2.17. The molecule has 16 heavy (non-hydrogen) atoms. The van der Waals surface area contributed by atoms with Crippen LogP contribution in [0.4, 0.5) is 11.4 Å². The molecule has 0 atom stereocenters. The van der Waals surface area contributed by atoms with Gasteiger partial charge in [-0.3, -0.25) is 4.79 Å². The molecule has 1 aromatic carbocycles. The van der Waals surface area contributed by atoms with Crippen molar-refractivity contribution >= 4 is 17.3 Å². The molecule has 0 aliphatic rings. The molecular formula is C12H19N3O. The van der Waals surface area contributed by atoms with E-state index in [1.807, 2.05) is 24.3 Å². The second-order valence-electron chi connectivity index (χ2n) is 3.60. The van der Waals surface area contributed by atoms with E-state index in [4.69, 9.17) is 5.73 Å². The number of nitrogens with two attached hydrogens (primary N) is 1. The fourth-order valence-electron chi connectivity index (χ4n) is 1.58. The van der Waals surface area contributed by atoms with Crippen LogP contribution in [0.5, 0.6) is 0 Å². The number of amides is 1. The second kappa shape index (κ2) is 6.12. The SMILES string of the molecule is CCN(CCN)c1ccc(NC(C)=O)cc1. The Kier molecular flexibility index (Phi) is 4.79. The third kappa shape index (κ3) is 3.55. The Morgan fingerprint density at radius 2 is 2.00 bits per heavy atom. The number of anilines is 2. The quantitative estimate of drug-likeness (QED) is 0.790. The second-order valence-corrected chi connectivity index (χ2v) is 3.60. The molecule has 0 saturated heterocycles. The molecule has 0 saturated carbocycles. The predicted octanol–water partition coefficient (Wildman–Crippen LogP) is 1.43. The van der Waals surface area contributed by atoms with Crippen molar-refractivity contribution < 1.29 is 4.79 Å². The highest BCUT2D eigenvalue weighted by Gasteiger charge is 2.02. The number of likely N-dealkylation sites (N-methyl/N-ethyl adjacent to an activating group) is 1. The van der Waals surface area contributed by atoms with Gasteiger partial charge in [0.2, 0.25) is 5.91 Å². The van der Waals surface area contributed by atoms with Crippen molar-refractivity contribution in [3.63, 3.8) is 0 Å². The zero-order chi connectivity index (χ0) is 12.0. The van der Waals surface area contributed by atoms with E-state index >= 15 is 0 Å². The minimum absolute atomic E-state index is 0.0537. The molecule has 0 spiro atoms. The van der Waals surface area contributed by atoms with Gasteiger partial charge in [-0.05, 0) is 31.2 Å². The summed E-state index contributed by atoms with van der Waals surface area (Å²) < 4.78 is 0. The number of hydrogen-bond donors (Lipinski definition) is 2. The fourth-order valence-corrected chi connectivity index (χ4v) is 1.58. The van der Waals surface area contributed by atoms with E-state index in [1.54, 1.807) is 0 Å². The lowest BCUT2D eigenvalue weighted by Gasteiger charge is -2.22. The summed E-state index contributed by atoms with van der Waals surface area (Å²) in [4.78, 5) is 13.0. The maximum atomic E-state index is 10.9. The number of carbonyl (C=O) groups excluding carboxylic acids is 1. The van der Waals surface area contributed by atoms with Crippen molar-refractivity contribution in [2.24, 2.45) is 5.73 Å². The van der Waals surface area contributed by atoms with E-state index < -0.39 is 0 Å². The zero-order valence-electron chi connectivity index (χ0n) is 9.86. The normalized spacial score (nSPS) is 9.94. The molecule has 4 nitrogen and oxygen atoms in total. The molecule has 0 unspecified atom stereocenters. The van der Waals surface area contributed by atoms with Gasteiger partial charge in [-0.1, -0.05) is 0 Å². The zero-order valence-corrected chi connectivity index (χ0v) is 9.86. The molecule has 0 aromatic heterocycles. The average molecular weight is 221 g/mol. The van der Waals surface area contributed by atoms with E-state index in [9.17, 15) is 4.79 Å². The van der Waals surface area contributed by atoms with E-state index in [1.165, 1.54) is 6.92 Å². The first-order valence-corrected chi connectivity index (χ1v) is 5.50. The topological polar surface area (TPSA) is 58.4 Å². The summed E-state index contributed by atoms with van der Waals surface area (Å²) in [5.41, 5.74) is 7.49. The predicted molar refractivity (Wildman–Crippen MR) is 67.7 cm³/mol. The van der Waals surface area contributed by atoms with Crippen LogP contribution < -0.4 is 16.0 Å². The van der Waals surface area contributed by atoms with Gasteiger partial charge in [0, 0.05) is 37.9 Å². The van der Waals surface area contributed by atoms with Gasteiger partial charge in [0.15, 0.2) is 0 Å². The van der Waals surface area contributed by atoms with Crippen LogP contribution in [0.3, 0.4) is 0 Å². The van der Waals surface area contributed by atoms with E-state index in [-0.39, 0.29) is 5.91 Å². The minimum Gasteiger partial charge on any atom is -0.371 e. The summed E-state index contributed by atoms with van der Waals surface area (Å²) in [5, 5.41) is 2.74. The number of carbonyl (C=O) groups is 1. The maximum Gasteiger partial charge on any atom is 0.221 e. The number of hydrogen-bond acceptors (Lipinski definition) is 3. The highest BCUT2D eigenvalue weighted by atomic mass is 16.1. The van der Waals surface area contributed by atoms with Crippen LogP contribution in [0.15, 0.2) is 24.3 Å². The Balaban J connectivity index is 2.72. The first-order chi connectivity index (χ1) is 7.67. The minimum atomic E-state index is -0.0537. The van der Waals surface area contributed by atoms with Crippen LogP contribution in [0.25, 0.3) is 0 Å². The van der Waals surface area contributed by atoms with Crippen molar-refractivity contribution in [1.82, 2.24) is 0 Å². The van der Waals surface area contributed by atoms with Crippen molar-refractivity contribution in [2.75, 3.05) is 29.9 Å². The van der Waals surface area contributed by atoms with Crippen molar-refractivity contribution in [2.45, 2.75) is 13.8 Å². The first-order valence-electron chi connectivity index (χ1n) is 5.50. The van der Waals surface area contributed by atoms with Crippen molar-refractivity contribution in [3.8, 4) is 0 Å². The molecule has 88 valence electrons. The third-order valence-corrected chi connectivity index (χ3v) is 2.33. The summed E-state index contributed by atoms with van der Waals surface area (Å²) >= 11 is 0. The standard InChI is InChI=1S/C12H19N3O/c1-3-15(9-8-13)12-6-4-11(5-7-12)14-10(2)16/h4-7H,3,8-9,13H2,1-2H3,(H,14,16). The molecule has 0 radical (unpaired) electrons. The van der Waals surface area contributed by atoms with E-state index in [0.29, 0.717) is 6.54 Å². The number of benzene rings is 1. The summed E-state index contributed by atoms with van der Waals surface area (Å²) in [6.07, 6.45) is 0. The van der Waals surface area contributed by atoms with Gasteiger partial charge in [0.1, 0.15) is 0 Å². The Morgan fingerprint density at radius 3 is 2.44 bits per heavy atom. The number of nitrogens with zero attached hydrogens (tertiary/aromatic N) is 1. The van der Waals surface area contributed by atoms with Crippen LogP contribution in [0.1, 0.15) is 13.8 Å². The summed E-state index contributed by atoms with van der Waals surface area (Å²) in [6, 6.07) is 7.78. The van der Waals surface area contributed by atoms with Crippen LogP contribution >= 0.6 is 0 Å². The monoisotopic (exact) mass is 221 g/mol. The van der Waals surface area contributed by atoms with Gasteiger partial charge < -0.3 is 16.0 Å². The molecule has 0 aliphatic heterocycles. The van der Waals surface area contributed by atoms with Crippen molar-refractivity contribution in [3.05, 3.63) is 24.3 Å². The Hall–Kier alpha value is -1.55. The van der Waals surface area contributed by atoms with Gasteiger partial charge in [-0.2, -0.15) is 0 Å². The van der Waals surface area contributed by atoms with E-state index in [2.05, 4.69) is 17.1 Å². The molecule has 1 aromatic rings. The Morgan fingerprint density at radius 1 is 1.38 bits per heavy atom. The summed E-state index contributed by atoms with van der Waals surface area (Å²) in [5.74, 6) is -0.0537. The van der Waals surface area contributed by atoms with Crippen molar-refractivity contribution in [1.29, 1.82) is 0 Å². The number of nitrogens with one attached hydrogen (secondary N) is 1. The third-order valence-electron chi connectivity index (χ3n) is 2.33. The fraction of sp³-hybridized carbons (Fsp3) is 0.417. The lowest BCUT2D eigenvalue weighted by molar-refractivity contribution is -0.114. The molecule has 0 fully saturated rings. The largest absolute Gasteiger partial charge is 0.371 e.